The Labute approximate surface area is 45.9 Å². The second kappa shape index (κ2) is 1.19. The molecule has 0 bridgehead atoms. The smallest absolute Gasteiger partial charge is 0.263 e. The van der Waals surface area contributed by atoms with Gasteiger partial charge in [0.1, 0.15) is 6.07 Å². The molecule has 0 aliphatic heterocycles. The fourth-order valence-corrected chi connectivity index (χ4v) is 0.454. The van der Waals surface area contributed by atoms with Crippen LogP contribution in [0.4, 0.5) is 0 Å². The predicted molar refractivity (Wildman–Crippen MR) is 24.6 cm³/mol. The number of nitrogens with zero attached hydrogens (tertiary/aromatic N) is 2. The van der Waals surface area contributed by atoms with Gasteiger partial charge in [0.2, 0.25) is 0 Å². The third-order valence-electron chi connectivity index (χ3n) is 1.28. The van der Waals surface area contributed by atoms with Gasteiger partial charge in [-0.2, -0.15) is 5.26 Å². The van der Waals surface area contributed by atoms with Crippen molar-refractivity contribution in [3.05, 3.63) is 10.1 Å². The van der Waals surface area contributed by atoms with Crippen LogP contribution in [0, 0.1) is 21.4 Å². The van der Waals surface area contributed by atoms with Crippen LogP contribution in [0.5, 0.6) is 0 Å². The first-order valence-electron chi connectivity index (χ1n) is 2.27. The molecule has 0 N–H and O–H groups in total. The van der Waals surface area contributed by atoms with E-state index in [-0.39, 0.29) is 0 Å². The zero-order valence-corrected chi connectivity index (χ0v) is 4.13. The second-order valence-electron chi connectivity index (χ2n) is 1.90. The van der Waals surface area contributed by atoms with Crippen molar-refractivity contribution < 1.29 is 4.92 Å². The van der Waals surface area contributed by atoms with Crippen LogP contribution in [-0.4, -0.2) is 10.5 Å². The van der Waals surface area contributed by atoms with E-state index in [9.17, 15) is 10.1 Å². The van der Waals surface area contributed by atoms with Crippen LogP contribution in [0.3, 0.4) is 0 Å². The van der Waals surface area contributed by atoms with Crippen LogP contribution in [0.1, 0.15) is 12.8 Å². The Morgan fingerprint density at radius 1 is 1.75 bits per heavy atom. The summed E-state index contributed by atoms with van der Waals surface area (Å²) in [5.74, 6) is 0. The molecular formula is C4H4N2O2. The van der Waals surface area contributed by atoms with Gasteiger partial charge in [0.05, 0.1) is 0 Å². The summed E-state index contributed by atoms with van der Waals surface area (Å²) in [5.41, 5.74) is -1.18. The first-order valence-corrected chi connectivity index (χ1v) is 2.27. The Balaban J connectivity index is 2.71. The highest BCUT2D eigenvalue weighted by Crippen LogP contribution is 2.37. The lowest BCUT2D eigenvalue weighted by atomic mass is 10.3. The van der Waals surface area contributed by atoms with E-state index in [1.165, 1.54) is 0 Å². The zero-order valence-electron chi connectivity index (χ0n) is 4.13. The normalized spacial score (nSPS) is 21.4. The van der Waals surface area contributed by atoms with Gasteiger partial charge in [0.15, 0.2) is 0 Å². The summed E-state index contributed by atoms with van der Waals surface area (Å²) < 4.78 is 0. The molecule has 0 amide bonds. The number of rotatable bonds is 1. The standard InChI is InChI=1S/C4H4N2O2/c5-3-4(1-2-4)6(7)8/h1-2H2. The van der Waals surface area contributed by atoms with Crippen LogP contribution in [0.2, 0.25) is 0 Å². The number of nitro groups is 1. The van der Waals surface area contributed by atoms with Gasteiger partial charge in [-0.3, -0.25) is 10.1 Å². The molecule has 0 aromatic heterocycles. The van der Waals surface area contributed by atoms with Gasteiger partial charge in [-0.15, -0.1) is 0 Å². The van der Waals surface area contributed by atoms with Crippen molar-refractivity contribution in [3.63, 3.8) is 0 Å². The Morgan fingerprint density at radius 3 is 2.25 bits per heavy atom. The minimum atomic E-state index is -1.18. The maximum absolute atomic E-state index is 9.90. The molecule has 1 saturated carbocycles. The van der Waals surface area contributed by atoms with Gasteiger partial charge >= 0.3 is 5.54 Å². The topological polar surface area (TPSA) is 66.9 Å². The predicted octanol–water partition coefficient (Wildman–Crippen LogP) is 0.319. The highest BCUT2D eigenvalue weighted by Gasteiger charge is 2.56. The molecule has 4 heteroatoms. The molecule has 4 nitrogen and oxygen atoms in total. The van der Waals surface area contributed by atoms with E-state index in [0.717, 1.165) is 0 Å². The van der Waals surface area contributed by atoms with Crippen LogP contribution >= 0.6 is 0 Å². The Kier molecular flexibility index (Phi) is 0.747. The summed E-state index contributed by atoms with van der Waals surface area (Å²) >= 11 is 0. The molecule has 0 aromatic rings. The third kappa shape index (κ3) is 0.445. The maximum atomic E-state index is 9.90. The van der Waals surface area contributed by atoms with E-state index >= 15 is 0 Å². The molecule has 1 rings (SSSR count). The SMILES string of the molecule is N#CC1([N+](=O)[O-])CC1. The monoisotopic (exact) mass is 112 g/mol. The fourth-order valence-electron chi connectivity index (χ4n) is 0.454. The van der Waals surface area contributed by atoms with Crippen LogP contribution in [0.25, 0.3) is 0 Å². The van der Waals surface area contributed by atoms with E-state index in [1.54, 1.807) is 6.07 Å². The fraction of sp³-hybridized carbons (Fsp3) is 0.750. The molecule has 0 spiro atoms. The molecule has 0 aromatic carbocycles. The summed E-state index contributed by atoms with van der Waals surface area (Å²) in [5, 5.41) is 18.0. The largest absolute Gasteiger partial charge is 0.306 e. The molecule has 0 radical (unpaired) electrons. The second-order valence-corrected chi connectivity index (χ2v) is 1.90. The Morgan fingerprint density at radius 2 is 2.25 bits per heavy atom. The highest BCUT2D eigenvalue weighted by molar-refractivity contribution is 5.11. The lowest BCUT2D eigenvalue weighted by molar-refractivity contribution is -0.521. The first-order chi connectivity index (χ1) is 3.71. The zero-order chi connectivity index (χ0) is 6.20. The summed E-state index contributed by atoms with van der Waals surface area (Å²) in [7, 11) is 0. The number of hydrogen-bond donors (Lipinski definition) is 0. The molecule has 0 unspecified atom stereocenters. The minimum absolute atomic E-state index is 0.427. The molecule has 1 aliphatic carbocycles. The summed E-state index contributed by atoms with van der Waals surface area (Å²) in [6, 6.07) is 1.65. The Hall–Kier alpha value is -1.11. The van der Waals surface area contributed by atoms with Gasteiger partial charge in [-0.05, 0) is 0 Å². The number of nitriles is 1. The molecular weight excluding hydrogens is 108 g/mol. The van der Waals surface area contributed by atoms with Gasteiger partial charge in [0, 0.05) is 17.8 Å². The molecule has 42 valence electrons. The van der Waals surface area contributed by atoms with Gasteiger partial charge in [0.25, 0.3) is 0 Å². The van der Waals surface area contributed by atoms with Crippen molar-refractivity contribution in [2.75, 3.05) is 0 Å². The summed E-state index contributed by atoms with van der Waals surface area (Å²) in [6.45, 7) is 0. The Bertz CT molecular complexity index is 165. The average Bonchev–Trinajstić information content (AvgIpc) is 2.44. The molecule has 1 aliphatic rings. The molecule has 8 heavy (non-hydrogen) atoms. The molecule has 0 heterocycles. The van der Waals surface area contributed by atoms with Crippen molar-refractivity contribution >= 4 is 0 Å². The van der Waals surface area contributed by atoms with Crippen molar-refractivity contribution in [1.29, 1.82) is 5.26 Å². The highest BCUT2D eigenvalue weighted by atomic mass is 16.6. The minimum Gasteiger partial charge on any atom is -0.263 e. The average molecular weight is 112 g/mol. The quantitative estimate of drug-likeness (QED) is 0.362. The van der Waals surface area contributed by atoms with E-state index in [4.69, 9.17) is 5.26 Å². The van der Waals surface area contributed by atoms with Crippen molar-refractivity contribution in [1.82, 2.24) is 0 Å². The van der Waals surface area contributed by atoms with Crippen molar-refractivity contribution in [3.8, 4) is 6.07 Å². The van der Waals surface area contributed by atoms with E-state index in [1.807, 2.05) is 0 Å². The lowest BCUT2D eigenvalue weighted by Gasteiger charge is -1.90. The van der Waals surface area contributed by atoms with Crippen molar-refractivity contribution in [2.24, 2.45) is 0 Å². The first kappa shape index (κ1) is 5.04. The molecule has 0 atom stereocenters. The van der Waals surface area contributed by atoms with E-state index < -0.39 is 10.5 Å². The summed E-state index contributed by atoms with van der Waals surface area (Å²) in [6.07, 6.45) is 0.854. The van der Waals surface area contributed by atoms with E-state index in [2.05, 4.69) is 0 Å². The van der Waals surface area contributed by atoms with Crippen LogP contribution in [-0.2, 0) is 0 Å². The molecule has 0 saturated heterocycles. The van der Waals surface area contributed by atoms with Gasteiger partial charge in [-0.1, -0.05) is 0 Å². The van der Waals surface area contributed by atoms with Gasteiger partial charge < -0.3 is 0 Å². The van der Waals surface area contributed by atoms with Crippen LogP contribution < -0.4 is 0 Å². The third-order valence-corrected chi connectivity index (χ3v) is 1.28. The van der Waals surface area contributed by atoms with E-state index in [0.29, 0.717) is 12.8 Å². The van der Waals surface area contributed by atoms with Gasteiger partial charge in [-0.25, -0.2) is 0 Å². The molecule has 1 fully saturated rings. The summed E-state index contributed by atoms with van der Waals surface area (Å²) in [4.78, 5) is 9.39. The lowest BCUT2D eigenvalue weighted by Crippen LogP contribution is -2.17. The maximum Gasteiger partial charge on any atom is 0.306 e. The van der Waals surface area contributed by atoms with Crippen LogP contribution in [0.15, 0.2) is 0 Å². The van der Waals surface area contributed by atoms with Crippen molar-refractivity contribution in [2.45, 2.75) is 18.4 Å². The number of hydrogen-bond acceptors (Lipinski definition) is 3.